The first-order valence-electron chi connectivity index (χ1n) is 6.85. The molecule has 0 saturated heterocycles. The average molecular weight is 268 g/mol. The van der Waals surface area contributed by atoms with E-state index in [1.54, 1.807) is 0 Å². The highest BCUT2D eigenvalue weighted by Gasteiger charge is 2.12. The van der Waals surface area contributed by atoms with Crippen LogP contribution in [0, 0.1) is 5.82 Å². The SMILES string of the molecule is NCCCc1c(-c2ccc(F)cc2)[nH]c2ccccc12. The quantitative estimate of drug-likeness (QED) is 0.741. The second-order valence-electron chi connectivity index (χ2n) is 4.92. The van der Waals surface area contributed by atoms with Gasteiger partial charge in [-0.1, -0.05) is 18.2 Å². The molecule has 1 aromatic heterocycles. The Hall–Kier alpha value is -2.13. The smallest absolute Gasteiger partial charge is 0.123 e. The number of H-pyrrole nitrogens is 1. The van der Waals surface area contributed by atoms with Gasteiger partial charge in [0.05, 0.1) is 0 Å². The van der Waals surface area contributed by atoms with Gasteiger partial charge in [0, 0.05) is 16.6 Å². The van der Waals surface area contributed by atoms with E-state index in [4.69, 9.17) is 5.73 Å². The topological polar surface area (TPSA) is 41.8 Å². The predicted molar refractivity (Wildman–Crippen MR) is 81.1 cm³/mol. The largest absolute Gasteiger partial charge is 0.354 e. The zero-order valence-electron chi connectivity index (χ0n) is 11.2. The highest BCUT2D eigenvalue weighted by atomic mass is 19.1. The number of aryl methyl sites for hydroxylation is 1. The molecule has 3 aromatic rings. The summed E-state index contributed by atoms with van der Waals surface area (Å²) in [5, 5.41) is 1.22. The lowest BCUT2D eigenvalue weighted by Crippen LogP contribution is -2.00. The molecule has 3 heteroatoms. The number of rotatable bonds is 4. The third-order valence-electron chi connectivity index (χ3n) is 3.58. The summed E-state index contributed by atoms with van der Waals surface area (Å²) in [5.41, 5.74) is 10.1. The Bertz CT molecular complexity index is 713. The molecule has 0 fully saturated rings. The van der Waals surface area contributed by atoms with Crippen molar-refractivity contribution in [1.29, 1.82) is 0 Å². The summed E-state index contributed by atoms with van der Waals surface area (Å²) in [6, 6.07) is 14.8. The standard InChI is InChI=1S/C17H17FN2/c18-13-9-7-12(8-10-13)17-15(5-3-11-19)14-4-1-2-6-16(14)20-17/h1-2,4,6-10,20H,3,5,11,19H2. The van der Waals surface area contributed by atoms with Crippen LogP contribution >= 0.6 is 0 Å². The van der Waals surface area contributed by atoms with Crippen molar-refractivity contribution in [2.75, 3.05) is 6.54 Å². The third-order valence-corrected chi connectivity index (χ3v) is 3.58. The minimum atomic E-state index is -0.214. The minimum Gasteiger partial charge on any atom is -0.354 e. The molecular weight excluding hydrogens is 251 g/mol. The highest BCUT2D eigenvalue weighted by Crippen LogP contribution is 2.31. The molecule has 0 atom stereocenters. The number of hydrogen-bond donors (Lipinski definition) is 2. The Kier molecular flexibility index (Phi) is 3.52. The maximum atomic E-state index is 13.1. The summed E-state index contributed by atoms with van der Waals surface area (Å²) in [5.74, 6) is -0.214. The second-order valence-corrected chi connectivity index (χ2v) is 4.92. The molecule has 2 aromatic carbocycles. The van der Waals surface area contributed by atoms with Crippen LogP contribution in [0.2, 0.25) is 0 Å². The average Bonchev–Trinajstić information content (AvgIpc) is 2.84. The van der Waals surface area contributed by atoms with E-state index in [0.29, 0.717) is 6.54 Å². The predicted octanol–water partition coefficient (Wildman–Crippen LogP) is 3.87. The number of hydrogen-bond acceptors (Lipinski definition) is 1. The number of para-hydroxylation sites is 1. The molecule has 0 aliphatic rings. The number of aromatic amines is 1. The minimum absolute atomic E-state index is 0.214. The van der Waals surface area contributed by atoms with Gasteiger partial charge in [0.2, 0.25) is 0 Å². The van der Waals surface area contributed by atoms with Gasteiger partial charge in [0.15, 0.2) is 0 Å². The van der Waals surface area contributed by atoms with Crippen LogP contribution in [0.1, 0.15) is 12.0 Å². The van der Waals surface area contributed by atoms with E-state index >= 15 is 0 Å². The first kappa shape index (κ1) is 12.9. The van der Waals surface area contributed by atoms with Crippen LogP contribution in [-0.2, 0) is 6.42 Å². The fraction of sp³-hybridized carbons (Fsp3) is 0.176. The summed E-state index contributed by atoms with van der Waals surface area (Å²) >= 11 is 0. The molecule has 3 rings (SSSR count). The van der Waals surface area contributed by atoms with E-state index in [1.807, 2.05) is 24.3 Å². The number of benzene rings is 2. The van der Waals surface area contributed by atoms with Crippen molar-refractivity contribution in [1.82, 2.24) is 4.98 Å². The number of nitrogens with one attached hydrogen (secondary N) is 1. The molecule has 0 unspecified atom stereocenters. The molecule has 0 saturated carbocycles. The molecule has 2 nitrogen and oxygen atoms in total. The van der Waals surface area contributed by atoms with Crippen molar-refractivity contribution >= 4 is 10.9 Å². The molecule has 0 spiro atoms. The van der Waals surface area contributed by atoms with Crippen LogP contribution in [0.4, 0.5) is 4.39 Å². The third kappa shape index (κ3) is 2.32. The van der Waals surface area contributed by atoms with Gasteiger partial charge >= 0.3 is 0 Å². The number of nitrogens with two attached hydrogens (primary N) is 1. The Morgan fingerprint density at radius 3 is 2.50 bits per heavy atom. The maximum absolute atomic E-state index is 13.1. The fourth-order valence-electron chi connectivity index (χ4n) is 2.60. The Morgan fingerprint density at radius 1 is 1.00 bits per heavy atom. The Morgan fingerprint density at radius 2 is 1.75 bits per heavy atom. The summed E-state index contributed by atoms with van der Waals surface area (Å²) in [6.45, 7) is 0.669. The summed E-state index contributed by atoms with van der Waals surface area (Å²) in [6.07, 6.45) is 1.86. The van der Waals surface area contributed by atoms with Crippen molar-refractivity contribution in [3.05, 3.63) is 59.9 Å². The van der Waals surface area contributed by atoms with Gasteiger partial charge in [-0.2, -0.15) is 0 Å². The van der Waals surface area contributed by atoms with Gasteiger partial charge in [-0.3, -0.25) is 0 Å². The van der Waals surface area contributed by atoms with Gasteiger partial charge < -0.3 is 10.7 Å². The summed E-state index contributed by atoms with van der Waals surface area (Å²) in [7, 11) is 0. The monoisotopic (exact) mass is 268 g/mol. The van der Waals surface area contributed by atoms with Crippen molar-refractivity contribution in [2.45, 2.75) is 12.8 Å². The molecule has 1 heterocycles. The lowest BCUT2D eigenvalue weighted by atomic mass is 10.0. The van der Waals surface area contributed by atoms with Crippen LogP contribution in [-0.4, -0.2) is 11.5 Å². The van der Waals surface area contributed by atoms with Gasteiger partial charge in [-0.25, -0.2) is 4.39 Å². The first-order valence-corrected chi connectivity index (χ1v) is 6.85. The fourth-order valence-corrected chi connectivity index (χ4v) is 2.60. The van der Waals surface area contributed by atoms with Crippen LogP contribution < -0.4 is 5.73 Å². The van der Waals surface area contributed by atoms with E-state index in [1.165, 1.54) is 23.1 Å². The lowest BCUT2D eigenvalue weighted by molar-refractivity contribution is 0.628. The zero-order chi connectivity index (χ0) is 13.9. The summed E-state index contributed by atoms with van der Waals surface area (Å²) < 4.78 is 13.1. The van der Waals surface area contributed by atoms with Crippen LogP contribution in [0.25, 0.3) is 22.2 Å². The first-order chi connectivity index (χ1) is 9.79. The molecule has 0 radical (unpaired) electrons. The lowest BCUT2D eigenvalue weighted by Gasteiger charge is -2.04. The van der Waals surface area contributed by atoms with Crippen LogP contribution in [0.15, 0.2) is 48.5 Å². The van der Waals surface area contributed by atoms with Gasteiger partial charge in [-0.05, 0) is 60.8 Å². The van der Waals surface area contributed by atoms with Crippen LogP contribution in [0.5, 0.6) is 0 Å². The molecule has 0 aliphatic heterocycles. The molecule has 0 amide bonds. The summed E-state index contributed by atoms with van der Waals surface area (Å²) in [4.78, 5) is 3.45. The van der Waals surface area contributed by atoms with Crippen molar-refractivity contribution in [3.8, 4) is 11.3 Å². The van der Waals surface area contributed by atoms with E-state index in [9.17, 15) is 4.39 Å². The molecule has 102 valence electrons. The Labute approximate surface area is 117 Å². The molecule has 0 aliphatic carbocycles. The van der Waals surface area contributed by atoms with E-state index < -0.39 is 0 Å². The molecule has 20 heavy (non-hydrogen) atoms. The highest BCUT2D eigenvalue weighted by molar-refractivity contribution is 5.90. The molecule has 3 N–H and O–H groups in total. The number of aromatic nitrogens is 1. The van der Waals surface area contributed by atoms with Crippen LogP contribution in [0.3, 0.4) is 0 Å². The second kappa shape index (κ2) is 5.47. The van der Waals surface area contributed by atoms with Crippen molar-refractivity contribution in [3.63, 3.8) is 0 Å². The van der Waals surface area contributed by atoms with Gasteiger partial charge in [0.25, 0.3) is 0 Å². The number of fused-ring (bicyclic) bond motifs is 1. The molecule has 0 bridgehead atoms. The van der Waals surface area contributed by atoms with E-state index in [-0.39, 0.29) is 5.82 Å². The van der Waals surface area contributed by atoms with Gasteiger partial charge in [-0.15, -0.1) is 0 Å². The van der Waals surface area contributed by atoms with Crippen molar-refractivity contribution in [2.24, 2.45) is 5.73 Å². The molecular formula is C17H17FN2. The Balaban J connectivity index is 2.15. The zero-order valence-corrected chi connectivity index (χ0v) is 11.2. The normalized spacial score (nSPS) is 11.1. The van der Waals surface area contributed by atoms with Crippen molar-refractivity contribution < 1.29 is 4.39 Å². The number of halogens is 1. The maximum Gasteiger partial charge on any atom is 0.123 e. The van der Waals surface area contributed by atoms with E-state index in [2.05, 4.69) is 17.1 Å². The van der Waals surface area contributed by atoms with E-state index in [0.717, 1.165) is 29.6 Å². The van der Waals surface area contributed by atoms with Gasteiger partial charge in [0.1, 0.15) is 5.82 Å².